The van der Waals surface area contributed by atoms with Crippen molar-refractivity contribution in [2.75, 3.05) is 9.80 Å². The Morgan fingerprint density at radius 1 is 0.426 bits per heavy atom. The van der Waals surface area contributed by atoms with Crippen LogP contribution in [0.25, 0.3) is 22.3 Å². The molecule has 4 heteroatoms. The molecule has 2 heterocycles. The molecule has 0 amide bonds. The Balaban J connectivity index is 1.29. The Morgan fingerprint density at radius 3 is 1.23 bits per heavy atom. The minimum atomic E-state index is -0.205. The average molecular weight is 619 g/mol. The van der Waals surface area contributed by atoms with Gasteiger partial charge in [0.2, 0.25) is 5.96 Å². The Kier molecular flexibility index (Phi) is 7.13. The van der Waals surface area contributed by atoms with Crippen molar-refractivity contribution in [2.45, 2.75) is 77.5 Å². The van der Waals surface area contributed by atoms with E-state index in [2.05, 4.69) is 204 Å². The lowest BCUT2D eigenvalue weighted by molar-refractivity contribution is 0.0529. The van der Waals surface area contributed by atoms with Gasteiger partial charge in [-0.3, -0.25) is 0 Å². The quantitative estimate of drug-likeness (QED) is 0.189. The van der Waals surface area contributed by atoms with E-state index in [1.165, 1.54) is 22.3 Å². The second-order valence-corrected chi connectivity index (χ2v) is 15.0. The summed E-state index contributed by atoms with van der Waals surface area (Å²) >= 11 is 0. The van der Waals surface area contributed by atoms with Gasteiger partial charge in [-0.1, -0.05) is 84.9 Å². The lowest BCUT2D eigenvalue weighted by Gasteiger charge is -2.50. The number of anilines is 4. The van der Waals surface area contributed by atoms with Gasteiger partial charge in [0.25, 0.3) is 0 Å². The van der Waals surface area contributed by atoms with Crippen molar-refractivity contribution in [1.29, 1.82) is 0 Å². The number of rotatable bonds is 6. The van der Waals surface area contributed by atoms with E-state index in [1.807, 2.05) is 0 Å². The van der Waals surface area contributed by atoms with Crippen molar-refractivity contribution < 1.29 is 0 Å². The third kappa shape index (κ3) is 4.85. The van der Waals surface area contributed by atoms with Crippen LogP contribution in [0.1, 0.15) is 55.4 Å². The first-order chi connectivity index (χ1) is 22.3. The Morgan fingerprint density at radius 2 is 0.809 bits per heavy atom. The van der Waals surface area contributed by atoms with Gasteiger partial charge in [-0.05, 0) is 126 Å². The molecule has 1 fully saturated rings. The standard InChI is InChI=1S/C43H46N4/c1-40(2)41(3,4)47-39(44-40)46(42(5,6)43(47,7)8)38-29-27-37(28-30-38)45(35-23-19-33(20-24-35)31-15-11-9-12-16-31)36-25-21-34(22-26-36)32-17-13-10-14-18-32/h9-30H,1-8H3. The smallest absolute Gasteiger partial charge is 0.203 e. The zero-order chi connectivity index (χ0) is 33.2. The first-order valence-corrected chi connectivity index (χ1v) is 16.7. The SMILES string of the molecule is CC1(C)N=C2N(c3ccc(N(c4ccc(-c5ccccc5)cc4)c4ccc(-c5ccccc5)cc4)cc3)C(C)(C)C(C)(C)N2C1(C)C. The molecule has 5 aromatic rings. The summed E-state index contributed by atoms with van der Waals surface area (Å²) in [7, 11) is 0. The molecule has 7 rings (SSSR count). The highest BCUT2D eigenvalue weighted by Gasteiger charge is 2.65. The van der Waals surface area contributed by atoms with Crippen LogP contribution in [-0.2, 0) is 0 Å². The first-order valence-electron chi connectivity index (χ1n) is 16.7. The van der Waals surface area contributed by atoms with Crippen LogP contribution < -0.4 is 9.80 Å². The summed E-state index contributed by atoms with van der Waals surface area (Å²) in [6.45, 7) is 18.6. The van der Waals surface area contributed by atoms with Crippen LogP contribution in [0.2, 0.25) is 0 Å². The zero-order valence-electron chi connectivity index (χ0n) is 29.0. The predicted octanol–water partition coefficient (Wildman–Crippen LogP) is 11.1. The molecule has 238 valence electrons. The fourth-order valence-corrected chi connectivity index (χ4v) is 7.36. The molecule has 0 aliphatic carbocycles. The van der Waals surface area contributed by atoms with E-state index in [9.17, 15) is 0 Å². The summed E-state index contributed by atoms with van der Waals surface area (Å²) < 4.78 is 0. The normalized spacial score (nSPS) is 18.5. The third-order valence-electron chi connectivity index (χ3n) is 11.3. The number of guanidine groups is 1. The number of hydrogen-bond donors (Lipinski definition) is 0. The summed E-state index contributed by atoms with van der Waals surface area (Å²) in [5.41, 5.74) is 8.69. The largest absolute Gasteiger partial charge is 0.327 e. The third-order valence-corrected chi connectivity index (χ3v) is 11.3. The van der Waals surface area contributed by atoms with Crippen molar-refractivity contribution in [1.82, 2.24) is 4.90 Å². The molecule has 0 saturated carbocycles. The molecule has 0 unspecified atom stereocenters. The highest BCUT2D eigenvalue weighted by atomic mass is 15.6. The molecule has 0 aromatic heterocycles. The van der Waals surface area contributed by atoms with Gasteiger partial charge in [-0.25, -0.2) is 4.99 Å². The molecule has 2 aliphatic heterocycles. The molecule has 0 spiro atoms. The Labute approximate surface area is 281 Å². The highest BCUT2D eigenvalue weighted by Crippen LogP contribution is 2.53. The van der Waals surface area contributed by atoms with E-state index < -0.39 is 0 Å². The number of nitrogens with zero attached hydrogens (tertiary/aromatic N) is 4. The molecular weight excluding hydrogens is 573 g/mol. The van der Waals surface area contributed by atoms with E-state index in [0.29, 0.717) is 0 Å². The van der Waals surface area contributed by atoms with Crippen LogP contribution in [0, 0.1) is 0 Å². The Bertz CT molecular complexity index is 1820. The van der Waals surface area contributed by atoms with Crippen LogP contribution in [0.3, 0.4) is 0 Å². The fraction of sp³-hybridized carbons (Fsp3) is 0.279. The Hall–Kier alpha value is -4.83. The van der Waals surface area contributed by atoms with Gasteiger partial charge in [0.15, 0.2) is 0 Å². The van der Waals surface area contributed by atoms with Crippen LogP contribution in [0.4, 0.5) is 22.7 Å². The van der Waals surface area contributed by atoms with Crippen LogP contribution in [-0.4, -0.2) is 33.0 Å². The zero-order valence-corrected chi connectivity index (χ0v) is 29.0. The predicted molar refractivity (Wildman–Crippen MR) is 200 cm³/mol. The highest BCUT2D eigenvalue weighted by molar-refractivity contribution is 6.03. The van der Waals surface area contributed by atoms with E-state index in [-0.39, 0.29) is 22.2 Å². The van der Waals surface area contributed by atoms with E-state index in [4.69, 9.17) is 4.99 Å². The first kappa shape index (κ1) is 30.8. The van der Waals surface area contributed by atoms with E-state index in [0.717, 1.165) is 28.7 Å². The summed E-state index contributed by atoms with van der Waals surface area (Å²) in [6.07, 6.45) is 0. The maximum Gasteiger partial charge on any atom is 0.203 e. The molecule has 0 radical (unpaired) electrons. The molecule has 1 saturated heterocycles. The lowest BCUT2D eigenvalue weighted by atomic mass is 9.76. The van der Waals surface area contributed by atoms with Crippen molar-refractivity contribution in [3.05, 3.63) is 133 Å². The van der Waals surface area contributed by atoms with Gasteiger partial charge in [-0.2, -0.15) is 0 Å². The van der Waals surface area contributed by atoms with Crippen molar-refractivity contribution in [3.63, 3.8) is 0 Å². The number of fused-ring (bicyclic) bond motifs is 1. The minimum Gasteiger partial charge on any atom is -0.327 e. The molecule has 0 bridgehead atoms. The van der Waals surface area contributed by atoms with Gasteiger partial charge >= 0.3 is 0 Å². The summed E-state index contributed by atoms with van der Waals surface area (Å²) in [4.78, 5) is 12.7. The van der Waals surface area contributed by atoms with Crippen LogP contribution >= 0.6 is 0 Å². The number of benzene rings is 5. The van der Waals surface area contributed by atoms with Crippen molar-refractivity contribution >= 4 is 28.7 Å². The van der Waals surface area contributed by atoms with Crippen LogP contribution in [0.5, 0.6) is 0 Å². The lowest BCUT2D eigenvalue weighted by Crippen LogP contribution is -2.62. The molecule has 47 heavy (non-hydrogen) atoms. The van der Waals surface area contributed by atoms with Crippen molar-refractivity contribution in [3.8, 4) is 22.3 Å². The molecule has 0 atom stereocenters. The monoisotopic (exact) mass is 618 g/mol. The molecule has 5 aromatic carbocycles. The topological polar surface area (TPSA) is 22.1 Å². The number of aliphatic imine (C=N–C) groups is 1. The van der Waals surface area contributed by atoms with Crippen LogP contribution in [0.15, 0.2) is 138 Å². The summed E-state index contributed by atoms with van der Waals surface area (Å²) in [5.74, 6) is 1.06. The summed E-state index contributed by atoms with van der Waals surface area (Å²) in [6, 6.07) is 47.9. The van der Waals surface area contributed by atoms with E-state index in [1.54, 1.807) is 0 Å². The van der Waals surface area contributed by atoms with Gasteiger partial charge < -0.3 is 14.7 Å². The van der Waals surface area contributed by atoms with E-state index >= 15 is 0 Å². The molecule has 0 N–H and O–H groups in total. The van der Waals surface area contributed by atoms with Gasteiger partial charge in [0.1, 0.15) is 0 Å². The molecule has 2 aliphatic rings. The summed E-state index contributed by atoms with van der Waals surface area (Å²) in [5, 5.41) is 0. The van der Waals surface area contributed by atoms with Gasteiger partial charge in [0, 0.05) is 22.7 Å². The second-order valence-electron chi connectivity index (χ2n) is 15.0. The minimum absolute atomic E-state index is 0.119. The number of hydrogen-bond acceptors (Lipinski definition) is 4. The molecule has 4 nitrogen and oxygen atoms in total. The average Bonchev–Trinajstić information content (AvgIpc) is 3.35. The maximum atomic E-state index is 5.36. The fourth-order valence-electron chi connectivity index (χ4n) is 7.36. The molecular formula is C43H46N4. The van der Waals surface area contributed by atoms with Gasteiger partial charge in [0.05, 0.1) is 22.2 Å². The van der Waals surface area contributed by atoms with Crippen molar-refractivity contribution in [2.24, 2.45) is 4.99 Å². The van der Waals surface area contributed by atoms with Gasteiger partial charge in [-0.15, -0.1) is 0 Å². The maximum absolute atomic E-state index is 5.36. The second kappa shape index (κ2) is 10.9.